The lowest BCUT2D eigenvalue weighted by Crippen LogP contribution is -2.34. The first-order valence-electron chi connectivity index (χ1n) is 10.3. The molecule has 2 aromatic carbocycles. The van der Waals surface area contributed by atoms with E-state index < -0.39 is 17.8 Å². The Kier molecular flexibility index (Phi) is 7.20. The number of esters is 1. The lowest BCUT2D eigenvalue weighted by atomic mass is 10.0. The number of anilines is 1. The van der Waals surface area contributed by atoms with Gasteiger partial charge in [0.15, 0.2) is 0 Å². The van der Waals surface area contributed by atoms with Crippen molar-refractivity contribution in [3.05, 3.63) is 71.4 Å². The summed E-state index contributed by atoms with van der Waals surface area (Å²) in [4.78, 5) is 41.3. The van der Waals surface area contributed by atoms with E-state index in [1.165, 1.54) is 0 Å². The van der Waals surface area contributed by atoms with Gasteiger partial charge in [-0.2, -0.15) is 0 Å². The number of benzene rings is 2. The Morgan fingerprint density at radius 1 is 1.03 bits per heavy atom. The first kappa shape index (κ1) is 22.2. The third kappa shape index (κ3) is 4.67. The van der Waals surface area contributed by atoms with E-state index in [4.69, 9.17) is 4.74 Å². The van der Waals surface area contributed by atoms with Crippen molar-refractivity contribution in [2.24, 2.45) is 0 Å². The number of rotatable bonds is 9. The largest absolute Gasteiger partial charge is 0.462 e. The number of imide groups is 1. The maximum Gasteiger partial charge on any atom is 0.338 e. The van der Waals surface area contributed by atoms with Crippen LogP contribution < -0.4 is 4.90 Å². The number of unbranched alkanes of at least 4 members (excludes halogenated alkanes) is 1. The van der Waals surface area contributed by atoms with Gasteiger partial charge < -0.3 is 14.7 Å². The van der Waals surface area contributed by atoms with E-state index in [0.29, 0.717) is 23.4 Å². The van der Waals surface area contributed by atoms with Crippen molar-refractivity contribution in [1.82, 2.24) is 4.90 Å². The number of hydrogen-bond acceptors (Lipinski definition) is 6. The molecule has 3 rings (SSSR count). The molecule has 2 aromatic rings. The first-order valence-corrected chi connectivity index (χ1v) is 10.3. The van der Waals surface area contributed by atoms with E-state index in [9.17, 15) is 19.5 Å². The number of hydrogen-bond donors (Lipinski definition) is 1. The van der Waals surface area contributed by atoms with Crippen LogP contribution >= 0.6 is 0 Å². The van der Waals surface area contributed by atoms with E-state index in [2.05, 4.69) is 0 Å². The summed E-state index contributed by atoms with van der Waals surface area (Å²) in [7, 11) is 1.67. The molecular formula is C24H26N2O5. The standard InChI is InChI=1S/C24H26N2O5/c1-3-4-16-31-24(30)18-10-12-19(13-11-18)26-22(28)20(17-8-6-5-7-9-17)21(23(26)29)25(2)14-15-27/h5-13,27H,3-4,14-16H2,1-2H3. The molecule has 0 spiro atoms. The fourth-order valence-electron chi connectivity index (χ4n) is 3.37. The van der Waals surface area contributed by atoms with Gasteiger partial charge in [0.2, 0.25) is 0 Å². The molecule has 0 saturated heterocycles. The molecule has 0 fully saturated rings. The van der Waals surface area contributed by atoms with Crippen LogP contribution in [0, 0.1) is 0 Å². The van der Waals surface area contributed by atoms with E-state index in [0.717, 1.165) is 17.7 Å². The van der Waals surface area contributed by atoms with Crippen molar-refractivity contribution < 1.29 is 24.2 Å². The first-order chi connectivity index (χ1) is 15.0. The Morgan fingerprint density at radius 3 is 2.32 bits per heavy atom. The molecule has 0 unspecified atom stereocenters. The monoisotopic (exact) mass is 422 g/mol. The van der Waals surface area contributed by atoms with Crippen molar-refractivity contribution in [2.45, 2.75) is 19.8 Å². The summed E-state index contributed by atoms with van der Waals surface area (Å²) < 4.78 is 5.20. The van der Waals surface area contributed by atoms with E-state index in [1.807, 2.05) is 13.0 Å². The minimum atomic E-state index is -0.474. The molecule has 7 nitrogen and oxygen atoms in total. The average molecular weight is 422 g/mol. The van der Waals surface area contributed by atoms with Crippen LogP contribution in [0.4, 0.5) is 5.69 Å². The molecule has 1 heterocycles. The second kappa shape index (κ2) is 10.0. The second-order valence-electron chi connectivity index (χ2n) is 7.22. The van der Waals surface area contributed by atoms with Crippen LogP contribution in [-0.2, 0) is 14.3 Å². The van der Waals surface area contributed by atoms with Crippen LogP contribution in [0.3, 0.4) is 0 Å². The summed E-state index contributed by atoms with van der Waals surface area (Å²) in [6.07, 6.45) is 1.72. The molecule has 162 valence electrons. The fourth-order valence-corrected chi connectivity index (χ4v) is 3.37. The maximum atomic E-state index is 13.3. The van der Waals surface area contributed by atoms with Crippen molar-refractivity contribution >= 4 is 29.0 Å². The van der Waals surface area contributed by atoms with Gasteiger partial charge in [-0.25, -0.2) is 9.69 Å². The lowest BCUT2D eigenvalue weighted by molar-refractivity contribution is -0.120. The molecular weight excluding hydrogens is 396 g/mol. The number of ether oxygens (including phenoxy) is 1. The molecule has 1 N–H and O–H groups in total. The number of aliphatic hydroxyl groups is 1. The van der Waals surface area contributed by atoms with Gasteiger partial charge >= 0.3 is 5.97 Å². The predicted molar refractivity (Wildman–Crippen MR) is 117 cm³/mol. The van der Waals surface area contributed by atoms with Gasteiger partial charge in [-0.1, -0.05) is 43.7 Å². The van der Waals surface area contributed by atoms with E-state index in [-0.39, 0.29) is 24.4 Å². The smallest absolute Gasteiger partial charge is 0.338 e. The third-order valence-corrected chi connectivity index (χ3v) is 5.03. The molecule has 1 aliphatic heterocycles. The van der Waals surface area contributed by atoms with E-state index in [1.54, 1.807) is 60.5 Å². The van der Waals surface area contributed by atoms with Crippen LogP contribution in [0.25, 0.3) is 5.57 Å². The van der Waals surface area contributed by atoms with Gasteiger partial charge in [0, 0.05) is 13.6 Å². The Balaban J connectivity index is 1.91. The van der Waals surface area contributed by atoms with Gasteiger partial charge in [0.05, 0.1) is 30.0 Å². The minimum Gasteiger partial charge on any atom is -0.462 e. The lowest BCUT2D eigenvalue weighted by Gasteiger charge is -2.20. The van der Waals surface area contributed by atoms with Crippen LogP contribution in [-0.4, -0.2) is 54.6 Å². The number of carbonyl (C=O) groups excluding carboxylic acids is 3. The fraction of sp³-hybridized carbons (Fsp3) is 0.292. The number of amides is 2. The van der Waals surface area contributed by atoms with Crippen molar-refractivity contribution in [1.29, 1.82) is 0 Å². The molecule has 0 bridgehead atoms. The number of likely N-dealkylation sites (N-methyl/N-ethyl adjacent to an activating group) is 1. The molecule has 1 aliphatic rings. The highest BCUT2D eigenvalue weighted by Crippen LogP contribution is 2.34. The molecule has 0 atom stereocenters. The molecule has 2 amide bonds. The minimum absolute atomic E-state index is 0.154. The normalized spacial score (nSPS) is 13.7. The Labute approximate surface area is 181 Å². The molecule has 0 aliphatic carbocycles. The zero-order valence-corrected chi connectivity index (χ0v) is 17.7. The van der Waals surface area contributed by atoms with Crippen LogP contribution in [0.15, 0.2) is 60.3 Å². The molecule has 7 heteroatoms. The Hall–Kier alpha value is -3.45. The topological polar surface area (TPSA) is 87.2 Å². The third-order valence-electron chi connectivity index (χ3n) is 5.03. The second-order valence-corrected chi connectivity index (χ2v) is 7.22. The zero-order chi connectivity index (χ0) is 22.4. The molecule has 31 heavy (non-hydrogen) atoms. The average Bonchev–Trinajstić information content (AvgIpc) is 3.05. The maximum absolute atomic E-state index is 13.3. The van der Waals surface area contributed by atoms with Gasteiger partial charge in [0.1, 0.15) is 5.70 Å². The van der Waals surface area contributed by atoms with Crippen LogP contribution in [0.1, 0.15) is 35.7 Å². The highest BCUT2D eigenvalue weighted by molar-refractivity contribution is 6.45. The van der Waals surface area contributed by atoms with Gasteiger partial charge in [-0.3, -0.25) is 9.59 Å². The summed E-state index contributed by atoms with van der Waals surface area (Å²) in [6, 6.07) is 15.2. The molecule has 0 saturated carbocycles. The van der Waals surface area contributed by atoms with Crippen LogP contribution in [0.5, 0.6) is 0 Å². The van der Waals surface area contributed by atoms with Gasteiger partial charge in [-0.05, 0) is 36.2 Å². The van der Waals surface area contributed by atoms with Crippen molar-refractivity contribution in [3.63, 3.8) is 0 Å². The summed E-state index contributed by atoms with van der Waals surface area (Å²) in [5.41, 5.74) is 1.85. The highest BCUT2D eigenvalue weighted by Gasteiger charge is 2.41. The number of carbonyl (C=O) groups is 3. The predicted octanol–water partition coefficient (Wildman–Crippen LogP) is 2.85. The summed E-state index contributed by atoms with van der Waals surface area (Å²) in [6.45, 7) is 2.42. The van der Waals surface area contributed by atoms with Gasteiger partial charge in [0.25, 0.3) is 11.8 Å². The SMILES string of the molecule is CCCCOC(=O)c1ccc(N2C(=O)C(c3ccccc3)=C(N(C)CCO)C2=O)cc1. The van der Waals surface area contributed by atoms with E-state index >= 15 is 0 Å². The number of nitrogens with zero attached hydrogens (tertiary/aromatic N) is 2. The summed E-state index contributed by atoms with van der Waals surface area (Å²) in [5.74, 6) is -1.36. The van der Waals surface area contributed by atoms with Crippen molar-refractivity contribution in [3.8, 4) is 0 Å². The highest BCUT2D eigenvalue weighted by atomic mass is 16.5. The Bertz CT molecular complexity index is 983. The summed E-state index contributed by atoms with van der Waals surface area (Å²) in [5, 5.41) is 9.33. The quantitative estimate of drug-likeness (QED) is 0.380. The van der Waals surface area contributed by atoms with Crippen LogP contribution in [0.2, 0.25) is 0 Å². The molecule has 0 aromatic heterocycles. The molecule has 0 radical (unpaired) electrons. The zero-order valence-electron chi connectivity index (χ0n) is 17.7. The Morgan fingerprint density at radius 2 is 1.71 bits per heavy atom. The van der Waals surface area contributed by atoms with Crippen molar-refractivity contribution in [2.75, 3.05) is 31.7 Å². The van der Waals surface area contributed by atoms with Gasteiger partial charge in [-0.15, -0.1) is 0 Å². The number of aliphatic hydroxyl groups excluding tert-OH is 1. The summed E-state index contributed by atoms with van der Waals surface area (Å²) >= 11 is 0.